The molecule has 18 heavy (non-hydrogen) atoms. The molecule has 1 aromatic heterocycles. The molecule has 0 bridgehead atoms. The number of rotatable bonds is 4. The second-order valence-corrected chi connectivity index (χ2v) is 5.02. The minimum Gasteiger partial charge on any atom is -0.354 e. The van der Waals surface area contributed by atoms with E-state index in [1.54, 1.807) is 6.33 Å². The van der Waals surface area contributed by atoms with E-state index in [1.807, 2.05) is 13.2 Å². The van der Waals surface area contributed by atoms with Crippen LogP contribution >= 0.6 is 0 Å². The molecule has 1 aliphatic rings. The standard InChI is InChI=1S/C13H23N5/c1-11(2)17-4-6-18(7-5-17)13-12(8-14-3)9-15-10-16-13/h9-11,14H,4-8H2,1-3H3. The van der Waals surface area contributed by atoms with Gasteiger partial charge in [-0.25, -0.2) is 9.97 Å². The van der Waals surface area contributed by atoms with E-state index in [0.717, 1.165) is 38.5 Å². The SMILES string of the molecule is CNCc1cncnc1N1CCN(C(C)C)CC1. The maximum Gasteiger partial charge on any atom is 0.136 e. The molecule has 0 amide bonds. The van der Waals surface area contributed by atoms with Crippen molar-refractivity contribution in [3.63, 3.8) is 0 Å². The van der Waals surface area contributed by atoms with Crippen LogP contribution in [-0.4, -0.2) is 54.1 Å². The second-order valence-electron chi connectivity index (χ2n) is 5.02. The fourth-order valence-corrected chi connectivity index (χ4v) is 2.40. The molecule has 0 radical (unpaired) electrons. The van der Waals surface area contributed by atoms with E-state index in [9.17, 15) is 0 Å². The van der Waals surface area contributed by atoms with E-state index >= 15 is 0 Å². The zero-order valence-electron chi connectivity index (χ0n) is 11.6. The number of anilines is 1. The average Bonchev–Trinajstić information content (AvgIpc) is 2.40. The third kappa shape index (κ3) is 2.97. The summed E-state index contributed by atoms with van der Waals surface area (Å²) in [6.07, 6.45) is 3.55. The van der Waals surface area contributed by atoms with Gasteiger partial charge in [-0.15, -0.1) is 0 Å². The van der Waals surface area contributed by atoms with Crippen LogP contribution in [0, 0.1) is 0 Å². The van der Waals surface area contributed by atoms with E-state index in [4.69, 9.17) is 0 Å². The van der Waals surface area contributed by atoms with Crippen molar-refractivity contribution in [1.29, 1.82) is 0 Å². The maximum atomic E-state index is 4.45. The molecule has 1 fully saturated rings. The van der Waals surface area contributed by atoms with Crippen LogP contribution in [0.5, 0.6) is 0 Å². The number of aromatic nitrogens is 2. The first kappa shape index (κ1) is 13.2. The van der Waals surface area contributed by atoms with E-state index in [0.29, 0.717) is 6.04 Å². The Balaban J connectivity index is 2.05. The van der Waals surface area contributed by atoms with E-state index in [-0.39, 0.29) is 0 Å². The first-order chi connectivity index (χ1) is 8.72. The number of hydrogen-bond acceptors (Lipinski definition) is 5. The van der Waals surface area contributed by atoms with Gasteiger partial charge in [-0.2, -0.15) is 0 Å². The van der Waals surface area contributed by atoms with Crippen molar-refractivity contribution < 1.29 is 0 Å². The van der Waals surface area contributed by atoms with Crippen LogP contribution in [0.25, 0.3) is 0 Å². The average molecular weight is 249 g/mol. The topological polar surface area (TPSA) is 44.3 Å². The highest BCUT2D eigenvalue weighted by molar-refractivity contribution is 5.45. The first-order valence-electron chi connectivity index (χ1n) is 6.65. The molecule has 0 aliphatic carbocycles. The second kappa shape index (κ2) is 6.11. The Hall–Kier alpha value is -1.20. The molecule has 0 unspecified atom stereocenters. The lowest BCUT2D eigenvalue weighted by Crippen LogP contribution is -2.49. The van der Waals surface area contributed by atoms with Gasteiger partial charge in [0.15, 0.2) is 0 Å². The third-order valence-corrected chi connectivity index (χ3v) is 3.48. The molecule has 0 atom stereocenters. The largest absolute Gasteiger partial charge is 0.354 e. The Morgan fingerprint density at radius 1 is 1.28 bits per heavy atom. The van der Waals surface area contributed by atoms with Crippen LogP contribution in [0.15, 0.2) is 12.5 Å². The van der Waals surface area contributed by atoms with Gasteiger partial charge in [-0.3, -0.25) is 4.90 Å². The normalized spacial score (nSPS) is 17.4. The number of nitrogens with one attached hydrogen (secondary N) is 1. The Bertz CT molecular complexity index is 371. The molecule has 2 rings (SSSR count). The number of nitrogens with zero attached hydrogens (tertiary/aromatic N) is 4. The fraction of sp³-hybridized carbons (Fsp3) is 0.692. The Morgan fingerprint density at radius 3 is 2.61 bits per heavy atom. The highest BCUT2D eigenvalue weighted by Crippen LogP contribution is 2.18. The van der Waals surface area contributed by atoms with Crippen LogP contribution in [-0.2, 0) is 6.54 Å². The molecule has 100 valence electrons. The monoisotopic (exact) mass is 249 g/mol. The fourth-order valence-electron chi connectivity index (χ4n) is 2.40. The van der Waals surface area contributed by atoms with E-state index in [2.05, 4.69) is 38.9 Å². The minimum absolute atomic E-state index is 0.634. The van der Waals surface area contributed by atoms with Crippen molar-refractivity contribution >= 4 is 5.82 Å². The van der Waals surface area contributed by atoms with Crippen molar-refractivity contribution in [3.05, 3.63) is 18.1 Å². The summed E-state index contributed by atoms with van der Waals surface area (Å²) in [6.45, 7) is 9.65. The molecule has 0 saturated carbocycles. The molecule has 0 spiro atoms. The van der Waals surface area contributed by atoms with Gasteiger partial charge in [0.05, 0.1) is 0 Å². The third-order valence-electron chi connectivity index (χ3n) is 3.48. The van der Waals surface area contributed by atoms with Crippen molar-refractivity contribution in [2.45, 2.75) is 26.4 Å². The molecule has 0 aromatic carbocycles. The molecule has 5 nitrogen and oxygen atoms in total. The smallest absolute Gasteiger partial charge is 0.136 e. The maximum absolute atomic E-state index is 4.45. The van der Waals surface area contributed by atoms with Gasteiger partial charge in [0.1, 0.15) is 12.1 Å². The molecule has 1 N–H and O–H groups in total. The Morgan fingerprint density at radius 2 is 2.00 bits per heavy atom. The van der Waals surface area contributed by atoms with Crippen LogP contribution < -0.4 is 10.2 Å². The van der Waals surface area contributed by atoms with Crippen LogP contribution in [0.2, 0.25) is 0 Å². The Labute approximate surface area is 109 Å². The van der Waals surface area contributed by atoms with Crippen LogP contribution in [0.3, 0.4) is 0 Å². The minimum atomic E-state index is 0.634. The summed E-state index contributed by atoms with van der Waals surface area (Å²) >= 11 is 0. The van der Waals surface area contributed by atoms with E-state index < -0.39 is 0 Å². The predicted molar refractivity (Wildman–Crippen MR) is 73.7 cm³/mol. The highest BCUT2D eigenvalue weighted by atomic mass is 15.3. The predicted octanol–water partition coefficient (Wildman–Crippen LogP) is 0.726. The molecule has 5 heteroatoms. The van der Waals surface area contributed by atoms with Gasteiger partial charge in [-0.05, 0) is 20.9 Å². The van der Waals surface area contributed by atoms with Crippen molar-refractivity contribution in [3.8, 4) is 0 Å². The molecule has 1 aromatic rings. The van der Waals surface area contributed by atoms with Crippen molar-refractivity contribution in [2.75, 3.05) is 38.1 Å². The summed E-state index contributed by atoms with van der Waals surface area (Å²) in [4.78, 5) is 13.4. The summed E-state index contributed by atoms with van der Waals surface area (Å²) in [7, 11) is 1.95. The number of piperazine rings is 1. The zero-order valence-corrected chi connectivity index (χ0v) is 11.6. The van der Waals surface area contributed by atoms with Crippen molar-refractivity contribution in [2.24, 2.45) is 0 Å². The lowest BCUT2D eigenvalue weighted by molar-refractivity contribution is 0.209. The lowest BCUT2D eigenvalue weighted by Gasteiger charge is -2.38. The molecular weight excluding hydrogens is 226 g/mol. The molecule has 2 heterocycles. The molecule has 1 saturated heterocycles. The van der Waals surface area contributed by atoms with Crippen molar-refractivity contribution in [1.82, 2.24) is 20.2 Å². The summed E-state index contributed by atoms with van der Waals surface area (Å²) in [5.74, 6) is 1.09. The Kier molecular flexibility index (Phi) is 4.49. The van der Waals surface area contributed by atoms with Gasteiger partial charge in [0.25, 0.3) is 0 Å². The van der Waals surface area contributed by atoms with Crippen LogP contribution in [0.1, 0.15) is 19.4 Å². The van der Waals surface area contributed by atoms with Gasteiger partial charge < -0.3 is 10.2 Å². The number of hydrogen-bond donors (Lipinski definition) is 1. The van der Waals surface area contributed by atoms with Gasteiger partial charge >= 0.3 is 0 Å². The lowest BCUT2D eigenvalue weighted by atomic mass is 10.2. The quantitative estimate of drug-likeness (QED) is 0.852. The van der Waals surface area contributed by atoms with Gasteiger partial charge in [0, 0.05) is 50.5 Å². The molecule has 1 aliphatic heterocycles. The summed E-state index contributed by atoms with van der Waals surface area (Å²) in [5, 5.41) is 3.17. The molecular formula is C13H23N5. The van der Waals surface area contributed by atoms with Gasteiger partial charge in [-0.1, -0.05) is 0 Å². The summed E-state index contributed by atoms with van der Waals surface area (Å²) < 4.78 is 0. The first-order valence-corrected chi connectivity index (χ1v) is 6.65. The van der Waals surface area contributed by atoms with E-state index in [1.165, 1.54) is 5.56 Å². The summed E-state index contributed by atoms with van der Waals surface area (Å²) in [5.41, 5.74) is 1.18. The van der Waals surface area contributed by atoms with Crippen LogP contribution in [0.4, 0.5) is 5.82 Å². The highest BCUT2D eigenvalue weighted by Gasteiger charge is 2.21. The zero-order chi connectivity index (χ0) is 13.0. The summed E-state index contributed by atoms with van der Waals surface area (Å²) in [6, 6.07) is 0.634. The van der Waals surface area contributed by atoms with Gasteiger partial charge in [0.2, 0.25) is 0 Å².